The maximum Gasteiger partial charge on any atom is 0.335 e. The van der Waals surface area contributed by atoms with Crippen molar-refractivity contribution in [3.05, 3.63) is 71.3 Å². The summed E-state index contributed by atoms with van der Waals surface area (Å²) in [7, 11) is 0. The van der Waals surface area contributed by atoms with Gasteiger partial charge < -0.3 is 5.11 Å². The SMILES string of the molecule is Cc1ccc2cc(-c3cccc(C(=O)O)c3)ccc2c1C=O. The van der Waals surface area contributed by atoms with E-state index in [0.717, 1.165) is 33.7 Å². The van der Waals surface area contributed by atoms with Crippen LogP contribution in [0.4, 0.5) is 0 Å². The van der Waals surface area contributed by atoms with Crippen molar-refractivity contribution >= 4 is 23.0 Å². The topological polar surface area (TPSA) is 54.4 Å². The summed E-state index contributed by atoms with van der Waals surface area (Å²) in [5.74, 6) is -0.943. The Labute approximate surface area is 127 Å². The Bertz CT molecular complexity index is 894. The van der Waals surface area contributed by atoms with Gasteiger partial charge in [-0.05, 0) is 52.6 Å². The molecule has 3 rings (SSSR count). The summed E-state index contributed by atoms with van der Waals surface area (Å²) >= 11 is 0. The molecule has 0 bridgehead atoms. The number of benzene rings is 3. The van der Waals surface area contributed by atoms with Gasteiger partial charge in [-0.3, -0.25) is 4.79 Å². The summed E-state index contributed by atoms with van der Waals surface area (Å²) in [6.45, 7) is 1.91. The van der Waals surface area contributed by atoms with Gasteiger partial charge >= 0.3 is 5.97 Å². The fourth-order valence-corrected chi connectivity index (χ4v) is 2.63. The number of carbonyl (C=O) groups excluding carboxylic acids is 1. The van der Waals surface area contributed by atoms with E-state index >= 15 is 0 Å². The predicted molar refractivity (Wildman–Crippen MR) is 86.5 cm³/mol. The number of fused-ring (bicyclic) bond motifs is 1. The molecule has 1 N–H and O–H groups in total. The smallest absolute Gasteiger partial charge is 0.335 e. The zero-order valence-electron chi connectivity index (χ0n) is 12.0. The van der Waals surface area contributed by atoms with Gasteiger partial charge in [0.1, 0.15) is 0 Å². The van der Waals surface area contributed by atoms with Crippen molar-refractivity contribution in [2.45, 2.75) is 6.92 Å². The van der Waals surface area contributed by atoms with E-state index in [1.54, 1.807) is 18.2 Å². The molecule has 0 fully saturated rings. The van der Waals surface area contributed by atoms with E-state index in [2.05, 4.69) is 0 Å². The number of aryl methyl sites for hydroxylation is 1. The lowest BCUT2D eigenvalue weighted by Crippen LogP contribution is -1.95. The molecule has 0 aliphatic carbocycles. The van der Waals surface area contributed by atoms with Crippen molar-refractivity contribution in [1.82, 2.24) is 0 Å². The lowest BCUT2D eigenvalue weighted by Gasteiger charge is -2.08. The van der Waals surface area contributed by atoms with E-state index in [1.165, 1.54) is 0 Å². The standard InChI is InChI=1S/C19H14O3/c1-12-5-6-15-9-14(7-8-17(15)18(12)11-20)13-3-2-4-16(10-13)19(21)22/h2-11H,1H3,(H,21,22). The normalized spacial score (nSPS) is 10.6. The average Bonchev–Trinajstić information content (AvgIpc) is 2.54. The number of aromatic carboxylic acids is 1. The average molecular weight is 290 g/mol. The zero-order chi connectivity index (χ0) is 15.7. The summed E-state index contributed by atoms with van der Waals surface area (Å²) < 4.78 is 0. The lowest BCUT2D eigenvalue weighted by atomic mass is 9.96. The van der Waals surface area contributed by atoms with Crippen LogP contribution in [-0.2, 0) is 0 Å². The molecule has 0 radical (unpaired) electrons. The molecule has 0 amide bonds. The zero-order valence-corrected chi connectivity index (χ0v) is 12.0. The Balaban J connectivity index is 2.17. The molecule has 3 aromatic carbocycles. The number of aldehydes is 1. The van der Waals surface area contributed by atoms with Crippen LogP contribution in [0.2, 0.25) is 0 Å². The summed E-state index contributed by atoms with van der Waals surface area (Å²) in [6.07, 6.45) is 0.877. The minimum absolute atomic E-state index is 0.259. The first-order valence-electron chi connectivity index (χ1n) is 6.92. The monoisotopic (exact) mass is 290 g/mol. The summed E-state index contributed by atoms with van der Waals surface area (Å²) in [4.78, 5) is 22.3. The molecule has 0 unspecified atom stereocenters. The highest BCUT2D eigenvalue weighted by Crippen LogP contribution is 2.27. The third-order valence-electron chi connectivity index (χ3n) is 3.84. The maximum absolute atomic E-state index is 11.3. The van der Waals surface area contributed by atoms with Gasteiger partial charge in [-0.15, -0.1) is 0 Å². The first-order chi connectivity index (χ1) is 10.6. The number of hydrogen-bond acceptors (Lipinski definition) is 2. The van der Waals surface area contributed by atoms with Crippen LogP contribution in [0, 0.1) is 6.92 Å². The van der Waals surface area contributed by atoms with Crippen molar-refractivity contribution in [3.8, 4) is 11.1 Å². The fourth-order valence-electron chi connectivity index (χ4n) is 2.63. The Hall–Kier alpha value is -2.94. The second-order valence-electron chi connectivity index (χ2n) is 5.24. The lowest BCUT2D eigenvalue weighted by molar-refractivity contribution is 0.0696. The fraction of sp³-hybridized carbons (Fsp3) is 0.0526. The number of carboxylic acid groups (broad SMARTS) is 1. The molecule has 22 heavy (non-hydrogen) atoms. The molecular formula is C19H14O3. The van der Waals surface area contributed by atoms with Crippen LogP contribution in [0.5, 0.6) is 0 Å². The van der Waals surface area contributed by atoms with E-state index in [4.69, 9.17) is 5.11 Å². The van der Waals surface area contributed by atoms with Crippen LogP contribution in [0.15, 0.2) is 54.6 Å². The van der Waals surface area contributed by atoms with Crippen molar-refractivity contribution in [2.24, 2.45) is 0 Å². The summed E-state index contributed by atoms with van der Waals surface area (Å²) in [5.41, 5.74) is 3.67. The second-order valence-corrected chi connectivity index (χ2v) is 5.24. The quantitative estimate of drug-likeness (QED) is 0.731. The molecule has 0 aromatic heterocycles. The molecule has 0 aliphatic heterocycles. The molecule has 108 valence electrons. The van der Waals surface area contributed by atoms with Crippen molar-refractivity contribution in [2.75, 3.05) is 0 Å². The van der Waals surface area contributed by atoms with Gasteiger partial charge in [0, 0.05) is 5.56 Å². The molecular weight excluding hydrogens is 276 g/mol. The summed E-state index contributed by atoms with van der Waals surface area (Å²) in [5, 5.41) is 11.0. The van der Waals surface area contributed by atoms with Gasteiger partial charge in [-0.25, -0.2) is 4.79 Å². The first-order valence-corrected chi connectivity index (χ1v) is 6.92. The number of carbonyl (C=O) groups is 2. The van der Waals surface area contributed by atoms with Crippen molar-refractivity contribution < 1.29 is 14.7 Å². The van der Waals surface area contributed by atoms with Gasteiger partial charge in [0.25, 0.3) is 0 Å². The molecule has 0 spiro atoms. The van der Waals surface area contributed by atoms with Gasteiger partial charge in [-0.1, -0.05) is 36.4 Å². The highest BCUT2D eigenvalue weighted by atomic mass is 16.4. The second kappa shape index (κ2) is 5.45. The maximum atomic E-state index is 11.3. The number of carboxylic acids is 1. The minimum Gasteiger partial charge on any atom is -0.478 e. The number of rotatable bonds is 3. The van der Waals surface area contributed by atoms with Crippen LogP contribution < -0.4 is 0 Å². The van der Waals surface area contributed by atoms with Gasteiger partial charge in [-0.2, -0.15) is 0 Å². The van der Waals surface area contributed by atoms with E-state index in [0.29, 0.717) is 5.56 Å². The molecule has 3 heteroatoms. The van der Waals surface area contributed by atoms with E-state index in [-0.39, 0.29) is 5.56 Å². The van der Waals surface area contributed by atoms with Crippen molar-refractivity contribution in [3.63, 3.8) is 0 Å². The highest BCUT2D eigenvalue weighted by Gasteiger charge is 2.08. The Morgan fingerprint density at radius 1 is 1.00 bits per heavy atom. The van der Waals surface area contributed by atoms with Crippen molar-refractivity contribution in [1.29, 1.82) is 0 Å². The van der Waals surface area contributed by atoms with E-state index < -0.39 is 5.97 Å². The Kier molecular flexibility index (Phi) is 3.47. The molecule has 3 aromatic rings. The van der Waals surface area contributed by atoms with Crippen LogP contribution >= 0.6 is 0 Å². The van der Waals surface area contributed by atoms with Crippen LogP contribution in [0.3, 0.4) is 0 Å². The van der Waals surface area contributed by atoms with E-state index in [9.17, 15) is 9.59 Å². The van der Waals surface area contributed by atoms with Crippen LogP contribution in [0.25, 0.3) is 21.9 Å². The Morgan fingerprint density at radius 3 is 2.50 bits per heavy atom. The van der Waals surface area contributed by atoms with Gasteiger partial charge in [0.05, 0.1) is 5.56 Å². The molecule has 0 saturated heterocycles. The van der Waals surface area contributed by atoms with Gasteiger partial charge in [0.15, 0.2) is 6.29 Å². The molecule has 0 atom stereocenters. The largest absolute Gasteiger partial charge is 0.478 e. The minimum atomic E-state index is -0.943. The third-order valence-corrected chi connectivity index (χ3v) is 3.84. The van der Waals surface area contributed by atoms with E-state index in [1.807, 2.05) is 43.3 Å². The molecule has 3 nitrogen and oxygen atoms in total. The Morgan fingerprint density at radius 2 is 1.77 bits per heavy atom. The highest BCUT2D eigenvalue weighted by molar-refractivity contribution is 6.01. The van der Waals surface area contributed by atoms with Gasteiger partial charge in [0.2, 0.25) is 0 Å². The predicted octanol–water partition coefficient (Wildman–Crippen LogP) is 4.33. The molecule has 0 heterocycles. The first kappa shape index (κ1) is 14.0. The van der Waals surface area contributed by atoms with Crippen LogP contribution in [0.1, 0.15) is 26.3 Å². The number of hydrogen-bond donors (Lipinski definition) is 1. The molecule has 0 aliphatic rings. The van der Waals surface area contributed by atoms with Crippen LogP contribution in [-0.4, -0.2) is 17.4 Å². The third kappa shape index (κ3) is 2.37. The summed E-state index contributed by atoms with van der Waals surface area (Å²) in [6, 6.07) is 16.5. The molecule has 0 saturated carbocycles.